The van der Waals surface area contributed by atoms with Crippen LogP contribution < -0.4 is 10.1 Å². The second-order valence-electron chi connectivity index (χ2n) is 4.06. The lowest BCUT2D eigenvalue weighted by Gasteiger charge is -2.10. The molecule has 0 saturated heterocycles. The Hall–Kier alpha value is -0.970. The second kappa shape index (κ2) is 9.86. The van der Waals surface area contributed by atoms with E-state index in [4.69, 9.17) is 32.7 Å². The van der Waals surface area contributed by atoms with Crippen LogP contribution in [0.3, 0.4) is 0 Å². The number of nitrogens with one attached hydrogen (secondary N) is 1. The van der Waals surface area contributed by atoms with Crippen molar-refractivity contribution in [3.05, 3.63) is 28.2 Å². The second-order valence-corrected chi connectivity index (χ2v) is 4.87. The third kappa shape index (κ3) is 6.46. The van der Waals surface area contributed by atoms with E-state index < -0.39 is 0 Å². The molecule has 0 spiro atoms. The van der Waals surface area contributed by atoms with Gasteiger partial charge in [0.25, 0.3) is 0 Å². The number of carbonyl (C=O) groups is 1. The van der Waals surface area contributed by atoms with Crippen LogP contribution in [0.25, 0.3) is 0 Å². The van der Waals surface area contributed by atoms with Crippen molar-refractivity contribution in [2.45, 2.75) is 19.8 Å². The highest BCUT2D eigenvalue weighted by Gasteiger charge is 2.06. The number of hydrogen-bond donors (Lipinski definition) is 1. The number of halogens is 2. The van der Waals surface area contributed by atoms with Gasteiger partial charge in [0.15, 0.2) is 5.75 Å². The Bertz CT molecular complexity index is 407. The molecule has 0 amide bonds. The SMILES string of the molecule is CCOC(=O)CCCNCCOc1c(Cl)cccc1Cl. The van der Waals surface area contributed by atoms with Gasteiger partial charge in [0.2, 0.25) is 0 Å². The van der Waals surface area contributed by atoms with Crippen LogP contribution in [-0.4, -0.2) is 32.3 Å². The maximum Gasteiger partial charge on any atom is 0.305 e. The monoisotopic (exact) mass is 319 g/mol. The number of ether oxygens (including phenoxy) is 2. The van der Waals surface area contributed by atoms with Crippen molar-refractivity contribution in [2.75, 3.05) is 26.3 Å². The predicted molar refractivity (Wildman–Crippen MR) is 80.7 cm³/mol. The van der Waals surface area contributed by atoms with Gasteiger partial charge in [-0.05, 0) is 32.0 Å². The summed E-state index contributed by atoms with van der Waals surface area (Å²) in [5, 5.41) is 4.17. The van der Waals surface area contributed by atoms with Crippen LogP contribution in [-0.2, 0) is 9.53 Å². The summed E-state index contributed by atoms with van der Waals surface area (Å²) in [6.45, 7) is 4.08. The Labute approximate surface area is 129 Å². The zero-order valence-electron chi connectivity index (χ0n) is 11.5. The van der Waals surface area contributed by atoms with Crippen molar-refractivity contribution >= 4 is 29.2 Å². The smallest absolute Gasteiger partial charge is 0.305 e. The molecule has 0 radical (unpaired) electrons. The molecule has 4 nitrogen and oxygen atoms in total. The summed E-state index contributed by atoms with van der Waals surface area (Å²) in [7, 11) is 0. The van der Waals surface area contributed by atoms with E-state index >= 15 is 0 Å². The summed E-state index contributed by atoms with van der Waals surface area (Å²) < 4.78 is 10.3. The van der Waals surface area contributed by atoms with Crippen molar-refractivity contribution < 1.29 is 14.3 Å². The summed E-state index contributed by atoms with van der Waals surface area (Å²) in [6, 6.07) is 5.23. The number of benzene rings is 1. The standard InChI is InChI=1S/C14H19Cl2NO3/c1-2-19-13(18)7-4-8-17-9-10-20-14-11(15)5-3-6-12(14)16/h3,5-6,17H,2,4,7-10H2,1H3. The van der Waals surface area contributed by atoms with Crippen molar-refractivity contribution in [2.24, 2.45) is 0 Å². The van der Waals surface area contributed by atoms with Gasteiger partial charge in [-0.15, -0.1) is 0 Å². The lowest BCUT2D eigenvalue weighted by atomic mass is 10.3. The molecule has 0 saturated carbocycles. The molecule has 0 aromatic heterocycles. The number of carbonyl (C=O) groups excluding carboxylic acids is 1. The summed E-state index contributed by atoms with van der Waals surface area (Å²) in [5.41, 5.74) is 0. The molecule has 1 aromatic rings. The van der Waals surface area contributed by atoms with Gasteiger partial charge in [-0.3, -0.25) is 4.79 Å². The highest BCUT2D eigenvalue weighted by molar-refractivity contribution is 6.37. The molecule has 112 valence electrons. The molecule has 1 N–H and O–H groups in total. The molecular weight excluding hydrogens is 301 g/mol. The first kappa shape index (κ1) is 17.1. The van der Waals surface area contributed by atoms with Crippen molar-refractivity contribution in [1.29, 1.82) is 0 Å². The minimum atomic E-state index is -0.159. The molecule has 0 aliphatic rings. The van der Waals surface area contributed by atoms with E-state index in [1.165, 1.54) is 0 Å². The number of esters is 1. The van der Waals surface area contributed by atoms with Gasteiger partial charge >= 0.3 is 5.97 Å². The molecule has 0 atom stereocenters. The molecule has 20 heavy (non-hydrogen) atoms. The molecule has 0 aliphatic carbocycles. The molecule has 1 rings (SSSR count). The summed E-state index contributed by atoms with van der Waals surface area (Å²) in [6.07, 6.45) is 1.17. The predicted octanol–water partition coefficient (Wildman–Crippen LogP) is 3.31. The Balaban J connectivity index is 2.09. The first-order chi connectivity index (χ1) is 9.65. The maximum absolute atomic E-state index is 11.1. The highest BCUT2D eigenvalue weighted by atomic mass is 35.5. The molecule has 0 bridgehead atoms. The van der Waals surface area contributed by atoms with Crippen LogP contribution in [0.15, 0.2) is 18.2 Å². The molecule has 1 aromatic carbocycles. The Morgan fingerprint density at radius 3 is 2.60 bits per heavy atom. The zero-order valence-corrected chi connectivity index (χ0v) is 13.0. The van der Waals surface area contributed by atoms with Crippen molar-refractivity contribution in [1.82, 2.24) is 5.32 Å². The topological polar surface area (TPSA) is 47.6 Å². The first-order valence-corrected chi connectivity index (χ1v) is 7.34. The van der Waals surface area contributed by atoms with Crippen LogP contribution in [0.5, 0.6) is 5.75 Å². The molecule has 0 heterocycles. The van der Waals surface area contributed by atoms with E-state index in [0.717, 1.165) is 13.0 Å². The lowest BCUT2D eigenvalue weighted by Crippen LogP contribution is -2.23. The quantitative estimate of drug-likeness (QED) is 0.560. The molecule has 0 unspecified atom stereocenters. The minimum absolute atomic E-state index is 0.159. The van der Waals surface area contributed by atoms with E-state index in [9.17, 15) is 4.79 Å². The fraction of sp³-hybridized carbons (Fsp3) is 0.500. The normalized spacial score (nSPS) is 10.3. The largest absolute Gasteiger partial charge is 0.489 e. The van der Waals surface area contributed by atoms with Gasteiger partial charge in [0.1, 0.15) is 6.61 Å². The third-order valence-corrected chi connectivity index (χ3v) is 3.08. The fourth-order valence-corrected chi connectivity index (χ4v) is 2.07. The Morgan fingerprint density at radius 1 is 1.25 bits per heavy atom. The Morgan fingerprint density at radius 2 is 1.95 bits per heavy atom. The van der Waals surface area contributed by atoms with Crippen LogP contribution in [0.4, 0.5) is 0 Å². The van der Waals surface area contributed by atoms with Gasteiger partial charge < -0.3 is 14.8 Å². The van der Waals surface area contributed by atoms with Crippen LogP contribution in [0.1, 0.15) is 19.8 Å². The van der Waals surface area contributed by atoms with Gasteiger partial charge in [0.05, 0.1) is 16.7 Å². The van der Waals surface area contributed by atoms with Crippen molar-refractivity contribution in [3.63, 3.8) is 0 Å². The number of para-hydroxylation sites is 1. The molecule has 0 fully saturated rings. The molecule has 0 aliphatic heterocycles. The molecule has 6 heteroatoms. The van der Waals surface area contributed by atoms with Crippen LogP contribution >= 0.6 is 23.2 Å². The van der Waals surface area contributed by atoms with E-state index in [1.54, 1.807) is 25.1 Å². The van der Waals surface area contributed by atoms with Gasteiger partial charge in [-0.2, -0.15) is 0 Å². The van der Waals surface area contributed by atoms with E-state index in [1.807, 2.05) is 0 Å². The third-order valence-electron chi connectivity index (χ3n) is 2.48. The van der Waals surface area contributed by atoms with Gasteiger partial charge in [-0.25, -0.2) is 0 Å². The van der Waals surface area contributed by atoms with Gasteiger partial charge in [0, 0.05) is 13.0 Å². The lowest BCUT2D eigenvalue weighted by molar-refractivity contribution is -0.143. The van der Waals surface area contributed by atoms with Crippen LogP contribution in [0, 0.1) is 0 Å². The maximum atomic E-state index is 11.1. The Kier molecular flexibility index (Phi) is 8.42. The van der Waals surface area contributed by atoms with E-state index in [2.05, 4.69) is 5.32 Å². The van der Waals surface area contributed by atoms with Crippen LogP contribution in [0.2, 0.25) is 10.0 Å². The average Bonchev–Trinajstić information content (AvgIpc) is 2.41. The summed E-state index contributed by atoms with van der Waals surface area (Å²) >= 11 is 12.0. The average molecular weight is 320 g/mol. The van der Waals surface area contributed by atoms with Gasteiger partial charge in [-0.1, -0.05) is 29.3 Å². The summed E-state index contributed by atoms with van der Waals surface area (Å²) in [5.74, 6) is 0.345. The summed E-state index contributed by atoms with van der Waals surface area (Å²) in [4.78, 5) is 11.1. The fourth-order valence-electron chi connectivity index (χ4n) is 1.56. The van der Waals surface area contributed by atoms with Crippen molar-refractivity contribution in [3.8, 4) is 5.75 Å². The number of hydrogen-bond acceptors (Lipinski definition) is 4. The zero-order chi connectivity index (χ0) is 14.8. The first-order valence-electron chi connectivity index (χ1n) is 6.58. The highest BCUT2D eigenvalue weighted by Crippen LogP contribution is 2.32. The number of rotatable bonds is 9. The van der Waals surface area contributed by atoms with E-state index in [0.29, 0.717) is 42.0 Å². The minimum Gasteiger partial charge on any atom is -0.489 e. The molecular formula is C14H19Cl2NO3. The van der Waals surface area contributed by atoms with E-state index in [-0.39, 0.29) is 5.97 Å².